The number of nitrogens with one attached hydrogen (secondary N) is 1. The summed E-state index contributed by atoms with van der Waals surface area (Å²) in [5, 5.41) is 3.50. The quantitative estimate of drug-likeness (QED) is 0.471. The van der Waals surface area contributed by atoms with Crippen molar-refractivity contribution >= 4 is 34.5 Å². The van der Waals surface area contributed by atoms with Gasteiger partial charge in [-0.1, -0.05) is 12.1 Å². The molecule has 0 aliphatic heterocycles. The van der Waals surface area contributed by atoms with E-state index < -0.39 is 0 Å². The van der Waals surface area contributed by atoms with Crippen molar-refractivity contribution in [2.24, 2.45) is 0 Å². The van der Waals surface area contributed by atoms with E-state index in [4.69, 9.17) is 4.42 Å². The van der Waals surface area contributed by atoms with Crippen LogP contribution in [0.1, 0.15) is 21.8 Å². The summed E-state index contributed by atoms with van der Waals surface area (Å²) in [6.45, 7) is 1.78. The Morgan fingerprint density at radius 3 is 2.82 bits per heavy atom. The fourth-order valence-electron chi connectivity index (χ4n) is 2.73. The molecule has 0 radical (unpaired) electrons. The Kier molecular flexibility index (Phi) is 5.08. The molecule has 0 saturated heterocycles. The largest absolute Gasteiger partial charge is 0.441 e. The minimum atomic E-state index is -0.272. The van der Waals surface area contributed by atoms with E-state index in [-0.39, 0.29) is 11.7 Å². The zero-order valence-electron chi connectivity index (χ0n) is 15.0. The lowest BCUT2D eigenvalue weighted by Crippen LogP contribution is -2.13. The maximum atomic E-state index is 13.0. The van der Waals surface area contributed by atoms with Crippen LogP contribution in [0, 0.1) is 12.7 Å². The van der Waals surface area contributed by atoms with Crippen LogP contribution in [0.25, 0.3) is 11.1 Å². The predicted octanol–water partition coefficient (Wildman–Crippen LogP) is 5.21. The number of oxazole rings is 1. The highest BCUT2D eigenvalue weighted by molar-refractivity contribution is 7.98. The molecular formula is C21H16FN3O2S. The van der Waals surface area contributed by atoms with Crippen LogP contribution in [0.2, 0.25) is 0 Å². The normalized spacial score (nSPS) is 10.9. The van der Waals surface area contributed by atoms with Crippen molar-refractivity contribution in [2.45, 2.75) is 17.7 Å². The van der Waals surface area contributed by atoms with Gasteiger partial charge in [0.1, 0.15) is 16.4 Å². The highest BCUT2D eigenvalue weighted by Gasteiger charge is 2.14. The SMILES string of the molecule is Cc1nc2cc(NC(=O)c3cccnc3SCc3ccc(F)cc3)ccc2o1. The van der Waals surface area contributed by atoms with Gasteiger partial charge in [-0.15, -0.1) is 11.8 Å². The standard InChI is InChI=1S/C21H16FN3O2S/c1-13-24-18-11-16(8-9-19(18)27-13)25-20(26)17-3-2-10-23-21(17)28-12-14-4-6-15(22)7-5-14/h2-11H,12H2,1H3,(H,25,26). The molecule has 0 fully saturated rings. The molecule has 5 nitrogen and oxygen atoms in total. The van der Waals surface area contributed by atoms with E-state index in [1.54, 1.807) is 55.6 Å². The number of anilines is 1. The van der Waals surface area contributed by atoms with Gasteiger partial charge in [-0.3, -0.25) is 4.79 Å². The number of fused-ring (bicyclic) bond motifs is 1. The second-order valence-corrected chi connectivity index (χ2v) is 7.10. The van der Waals surface area contributed by atoms with Crippen molar-refractivity contribution in [2.75, 3.05) is 5.32 Å². The molecule has 0 aliphatic carbocycles. The Hall–Kier alpha value is -3.19. The van der Waals surface area contributed by atoms with Crippen molar-refractivity contribution in [3.05, 3.63) is 83.6 Å². The first kappa shape index (κ1) is 18.2. The van der Waals surface area contributed by atoms with Gasteiger partial charge in [0.2, 0.25) is 0 Å². The van der Waals surface area contributed by atoms with Gasteiger partial charge in [-0.2, -0.15) is 0 Å². The molecule has 0 atom stereocenters. The third-order valence-corrected chi connectivity index (χ3v) is 5.13. The fourth-order valence-corrected chi connectivity index (χ4v) is 3.68. The molecule has 2 heterocycles. The summed E-state index contributed by atoms with van der Waals surface area (Å²) in [6, 6.07) is 15.1. The number of halogens is 1. The Morgan fingerprint density at radius 1 is 1.18 bits per heavy atom. The molecule has 2 aromatic heterocycles. The van der Waals surface area contributed by atoms with Crippen LogP contribution < -0.4 is 5.32 Å². The molecule has 4 aromatic rings. The van der Waals surface area contributed by atoms with E-state index in [0.717, 1.165) is 5.56 Å². The van der Waals surface area contributed by atoms with Gasteiger partial charge in [-0.05, 0) is 48.0 Å². The first-order valence-corrected chi connectivity index (χ1v) is 9.58. The summed E-state index contributed by atoms with van der Waals surface area (Å²) >= 11 is 1.43. The van der Waals surface area contributed by atoms with E-state index in [0.29, 0.717) is 39.0 Å². The van der Waals surface area contributed by atoms with Gasteiger partial charge in [0, 0.05) is 24.6 Å². The number of aromatic nitrogens is 2. The highest BCUT2D eigenvalue weighted by atomic mass is 32.2. The minimum Gasteiger partial charge on any atom is -0.441 e. The number of carbonyl (C=O) groups excluding carboxylic acids is 1. The average Bonchev–Trinajstić information content (AvgIpc) is 3.07. The zero-order chi connectivity index (χ0) is 19.5. The number of pyridine rings is 1. The van der Waals surface area contributed by atoms with Gasteiger partial charge in [0.15, 0.2) is 11.5 Å². The molecule has 4 rings (SSSR count). The average molecular weight is 393 g/mol. The molecule has 0 spiro atoms. The monoisotopic (exact) mass is 393 g/mol. The summed E-state index contributed by atoms with van der Waals surface area (Å²) in [7, 11) is 0. The number of benzene rings is 2. The van der Waals surface area contributed by atoms with Crippen LogP contribution in [-0.4, -0.2) is 15.9 Å². The lowest BCUT2D eigenvalue weighted by molar-refractivity contribution is 0.102. The van der Waals surface area contributed by atoms with Crippen molar-refractivity contribution in [1.82, 2.24) is 9.97 Å². The van der Waals surface area contributed by atoms with Crippen molar-refractivity contribution < 1.29 is 13.6 Å². The molecule has 140 valence electrons. The molecule has 28 heavy (non-hydrogen) atoms. The maximum absolute atomic E-state index is 13.0. The molecular weight excluding hydrogens is 377 g/mol. The minimum absolute atomic E-state index is 0.255. The van der Waals surface area contributed by atoms with Crippen molar-refractivity contribution in [1.29, 1.82) is 0 Å². The molecule has 0 aliphatic rings. The molecule has 1 N–H and O–H groups in total. The predicted molar refractivity (Wildman–Crippen MR) is 107 cm³/mol. The summed E-state index contributed by atoms with van der Waals surface area (Å²) in [6.07, 6.45) is 1.65. The summed E-state index contributed by atoms with van der Waals surface area (Å²) in [5.41, 5.74) is 3.42. The molecule has 1 amide bonds. The lowest BCUT2D eigenvalue weighted by atomic mass is 10.2. The first-order valence-electron chi connectivity index (χ1n) is 8.59. The van der Waals surface area contributed by atoms with Crippen LogP contribution in [0.3, 0.4) is 0 Å². The number of hydrogen-bond donors (Lipinski definition) is 1. The van der Waals surface area contributed by atoms with Crippen LogP contribution in [0.5, 0.6) is 0 Å². The van der Waals surface area contributed by atoms with Crippen LogP contribution in [-0.2, 0) is 5.75 Å². The number of thioether (sulfide) groups is 1. The number of amides is 1. The third kappa shape index (κ3) is 4.04. The smallest absolute Gasteiger partial charge is 0.258 e. The fraction of sp³-hybridized carbons (Fsp3) is 0.0952. The second-order valence-electron chi connectivity index (χ2n) is 6.14. The molecule has 0 saturated carbocycles. The van der Waals surface area contributed by atoms with E-state index in [1.807, 2.05) is 0 Å². The van der Waals surface area contributed by atoms with Crippen LogP contribution in [0.4, 0.5) is 10.1 Å². The Morgan fingerprint density at radius 2 is 2.00 bits per heavy atom. The molecule has 0 unspecified atom stereocenters. The van der Waals surface area contributed by atoms with E-state index in [2.05, 4.69) is 15.3 Å². The zero-order valence-corrected chi connectivity index (χ0v) is 15.8. The van der Waals surface area contributed by atoms with Gasteiger partial charge >= 0.3 is 0 Å². The second kappa shape index (κ2) is 7.82. The number of hydrogen-bond acceptors (Lipinski definition) is 5. The maximum Gasteiger partial charge on any atom is 0.258 e. The van der Waals surface area contributed by atoms with E-state index >= 15 is 0 Å². The van der Waals surface area contributed by atoms with Gasteiger partial charge in [-0.25, -0.2) is 14.4 Å². The first-order chi connectivity index (χ1) is 13.6. The van der Waals surface area contributed by atoms with E-state index in [9.17, 15) is 9.18 Å². The number of aryl methyl sites for hydroxylation is 1. The number of carbonyl (C=O) groups is 1. The van der Waals surface area contributed by atoms with Crippen LogP contribution >= 0.6 is 11.8 Å². The van der Waals surface area contributed by atoms with E-state index in [1.165, 1.54) is 23.9 Å². The van der Waals surface area contributed by atoms with Crippen molar-refractivity contribution in [3.8, 4) is 0 Å². The molecule has 2 aromatic carbocycles. The Bertz CT molecular complexity index is 1140. The Balaban J connectivity index is 1.51. The topological polar surface area (TPSA) is 68.0 Å². The molecule has 7 heteroatoms. The summed E-state index contributed by atoms with van der Waals surface area (Å²) in [5.74, 6) is 0.632. The third-order valence-electron chi connectivity index (χ3n) is 4.06. The summed E-state index contributed by atoms with van der Waals surface area (Å²) < 4.78 is 18.5. The van der Waals surface area contributed by atoms with Crippen LogP contribution in [0.15, 0.2) is 70.2 Å². The van der Waals surface area contributed by atoms with Crippen molar-refractivity contribution in [3.63, 3.8) is 0 Å². The number of nitrogens with zero attached hydrogens (tertiary/aromatic N) is 2. The van der Waals surface area contributed by atoms with Gasteiger partial charge in [0.05, 0.1) is 5.56 Å². The highest BCUT2D eigenvalue weighted by Crippen LogP contribution is 2.26. The van der Waals surface area contributed by atoms with Gasteiger partial charge < -0.3 is 9.73 Å². The summed E-state index contributed by atoms with van der Waals surface area (Å²) in [4.78, 5) is 21.4. The Labute approximate surface area is 165 Å². The lowest BCUT2D eigenvalue weighted by Gasteiger charge is -2.09. The number of rotatable bonds is 5. The van der Waals surface area contributed by atoms with Gasteiger partial charge in [0.25, 0.3) is 5.91 Å². The molecule has 0 bridgehead atoms.